The molecule has 1 fully saturated rings. The molecule has 3 aromatic heterocycles. The van der Waals surface area contributed by atoms with Crippen molar-refractivity contribution in [2.45, 2.75) is 51.7 Å². The molecule has 2 amide bonds. The Bertz CT molecular complexity index is 1650. The zero-order valence-electron chi connectivity index (χ0n) is 24.0. The normalized spacial score (nSPS) is 16.4. The molecular formula is C31H35N7O4. The first kappa shape index (κ1) is 27.5. The number of para-hydroxylation sites is 1. The Labute approximate surface area is 244 Å². The first-order chi connectivity index (χ1) is 20.4. The summed E-state index contributed by atoms with van der Waals surface area (Å²) in [5, 5.41) is 7.43. The SMILES string of the molecule is C=CC(=O)N1CCC(Oc2cccc3nc4n(c23)CCCCCOc2c(cnn2C)-c2cc(cc(C)n2)C(=O)N4)CC1. The number of carbonyl (C=O) groups excluding carboxylic acids is 2. The van der Waals surface area contributed by atoms with Crippen LogP contribution >= 0.6 is 0 Å². The average Bonchev–Trinajstić information content (AvgIpc) is 3.53. The summed E-state index contributed by atoms with van der Waals surface area (Å²) >= 11 is 0. The van der Waals surface area contributed by atoms with Crippen molar-refractivity contribution in [3.63, 3.8) is 0 Å². The zero-order chi connectivity index (χ0) is 29.2. The van der Waals surface area contributed by atoms with Gasteiger partial charge < -0.3 is 18.9 Å². The van der Waals surface area contributed by atoms with Gasteiger partial charge in [-0.25, -0.2) is 9.67 Å². The lowest BCUT2D eigenvalue weighted by atomic mass is 10.1. The van der Waals surface area contributed by atoms with Crippen molar-refractivity contribution in [1.29, 1.82) is 0 Å². The number of nitrogens with zero attached hydrogens (tertiary/aromatic N) is 6. The van der Waals surface area contributed by atoms with Crippen LogP contribution in [-0.2, 0) is 18.4 Å². The highest BCUT2D eigenvalue weighted by atomic mass is 16.5. The molecule has 0 unspecified atom stereocenters. The number of hydrogen-bond donors (Lipinski definition) is 1. The van der Waals surface area contributed by atoms with Gasteiger partial charge in [0.25, 0.3) is 5.91 Å². The van der Waals surface area contributed by atoms with Gasteiger partial charge >= 0.3 is 0 Å². The van der Waals surface area contributed by atoms with Gasteiger partial charge in [0, 0.05) is 50.8 Å². The van der Waals surface area contributed by atoms with E-state index in [1.165, 1.54) is 6.08 Å². The molecule has 5 heterocycles. The van der Waals surface area contributed by atoms with Crippen LogP contribution in [0.25, 0.3) is 22.3 Å². The van der Waals surface area contributed by atoms with E-state index in [0.717, 1.165) is 54.5 Å². The number of likely N-dealkylation sites (tertiary alicyclic amines) is 1. The fraction of sp³-hybridized carbons (Fsp3) is 0.387. The number of nitrogens with one attached hydrogen (secondary N) is 1. The summed E-state index contributed by atoms with van der Waals surface area (Å²) in [4.78, 5) is 36.9. The molecule has 0 saturated carbocycles. The van der Waals surface area contributed by atoms with Crippen LogP contribution in [0.2, 0.25) is 0 Å². The highest BCUT2D eigenvalue weighted by molar-refractivity contribution is 6.05. The molecule has 42 heavy (non-hydrogen) atoms. The Kier molecular flexibility index (Phi) is 7.64. The highest BCUT2D eigenvalue weighted by Gasteiger charge is 2.25. The van der Waals surface area contributed by atoms with Gasteiger partial charge in [0.05, 0.1) is 29.6 Å². The number of fused-ring (bicyclic) bond motifs is 7. The van der Waals surface area contributed by atoms with Crippen LogP contribution in [0.1, 0.15) is 48.2 Å². The lowest BCUT2D eigenvalue weighted by molar-refractivity contribution is -0.127. The molecule has 1 saturated heterocycles. The van der Waals surface area contributed by atoms with Crippen LogP contribution in [-0.4, -0.2) is 66.8 Å². The molecule has 1 aromatic carbocycles. The fourth-order valence-electron chi connectivity index (χ4n) is 5.67. The molecule has 0 atom stereocenters. The number of imidazole rings is 1. The second-order valence-electron chi connectivity index (χ2n) is 10.8. The van der Waals surface area contributed by atoms with E-state index in [4.69, 9.17) is 14.5 Å². The lowest BCUT2D eigenvalue weighted by Crippen LogP contribution is -2.41. The van der Waals surface area contributed by atoms with Gasteiger partial charge in [-0.1, -0.05) is 12.6 Å². The van der Waals surface area contributed by atoms with E-state index in [1.54, 1.807) is 27.9 Å². The second-order valence-corrected chi connectivity index (χ2v) is 10.8. The largest absolute Gasteiger partial charge is 0.488 e. The standard InChI is InChI=1S/C31H35N7O4/c1-4-27(39)37-14-11-22(12-15-37)42-26-10-8-9-24-28(26)38-13-6-5-7-16-41-30-23(19-32-36(30)3)25-18-21(17-20(2)33-25)29(40)35-31(38)34-24/h4,8-10,17-19,22H,1,5-7,11-16H2,2-3H3,(H,34,35,40). The topological polar surface area (TPSA) is 116 Å². The van der Waals surface area contributed by atoms with E-state index < -0.39 is 0 Å². The minimum absolute atomic E-state index is 0.0287. The second kappa shape index (κ2) is 11.7. The van der Waals surface area contributed by atoms with Crippen molar-refractivity contribution in [2.24, 2.45) is 7.05 Å². The maximum Gasteiger partial charge on any atom is 0.258 e. The average molecular weight is 570 g/mol. The minimum Gasteiger partial charge on any atom is -0.488 e. The number of carbonyl (C=O) groups is 2. The van der Waals surface area contributed by atoms with E-state index in [0.29, 0.717) is 55.0 Å². The van der Waals surface area contributed by atoms with Crippen molar-refractivity contribution in [1.82, 2.24) is 29.2 Å². The molecule has 4 aromatic rings. The number of rotatable bonds is 3. The van der Waals surface area contributed by atoms with Crippen LogP contribution in [0.5, 0.6) is 11.6 Å². The molecular weight excluding hydrogens is 534 g/mol. The zero-order valence-corrected chi connectivity index (χ0v) is 24.0. The van der Waals surface area contributed by atoms with Gasteiger partial charge in [0.1, 0.15) is 17.4 Å². The fourth-order valence-corrected chi connectivity index (χ4v) is 5.67. The third-order valence-electron chi connectivity index (χ3n) is 7.82. The smallest absolute Gasteiger partial charge is 0.258 e. The Hall–Kier alpha value is -4.67. The number of ether oxygens (including phenoxy) is 2. The Morgan fingerprint density at radius 2 is 1.98 bits per heavy atom. The molecule has 11 nitrogen and oxygen atoms in total. The molecule has 218 valence electrons. The maximum absolute atomic E-state index is 13.6. The minimum atomic E-state index is -0.277. The van der Waals surface area contributed by atoms with Crippen molar-refractivity contribution < 1.29 is 19.1 Å². The number of benzene rings is 1. The first-order valence-electron chi connectivity index (χ1n) is 14.4. The Morgan fingerprint density at radius 3 is 2.79 bits per heavy atom. The predicted octanol–water partition coefficient (Wildman–Crippen LogP) is 4.51. The molecule has 0 spiro atoms. The van der Waals surface area contributed by atoms with E-state index in [-0.39, 0.29) is 17.9 Å². The van der Waals surface area contributed by atoms with Gasteiger partial charge in [0.15, 0.2) is 0 Å². The van der Waals surface area contributed by atoms with Gasteiger partial charge in [-0.3, -0.25) is 19.9 Å². The highest BCUT2D eigenvalue weighted by Crippen LogP contribution is 2.33. The van der Waals surface area contributed by atoms with E-state index >= 15 is 0 Å². The van der Waals surface area contributed by atoms with Gasteiger partial charge in [-0.2, -0.15) is 5.10 Å². The number of pyridine rings is 1. The van der Waals surface area contributed by atoms with Crippen LogP contribution in [0.3, 0.4) is 0 Å². The summed E-state index contributed by atoms with van der Waals surface area (Å²) in [5.41, 5.74) is 4.16. The first-order valence-corrected chi connectivity index (χ1v) is 14.4. The Balaban J connectivity index is 1.33. The molecule has 11 heteroatoms. The Morgan fingerprint density at radius 1 is 1.14 bits per heavy atom. The number of amides is 2. The summed E-state index contributed by atoms with van der Waals surface area (Å²) in [5.74, 6) is 1.50. The van der Waals surface area contributed by atoms with Crippen LogP contribution in [0, 0.1) is 6.92 Å². The summed E-state index contributed by atoms with van der Waals surface area (Å²) in [6.07, 6.45) is 7.15. The molecule has 2 bridgehead atoms. The van der Waals surface area contributed by atoms with Crippen molar-refractivity contribution in [3.8, 4) is 22.9 Å². The lowest BCUT2D eigenvalue weighted by Gasteiger charge is -2.31. The molecule has 0 aliphatic carbocycles. The summed E-state index contributed by atoms with van der Waals surface area (Å²) in [6.45, 7) is 7.90. The molecule has 0 radical (unpaired) electrons. The van der Waals surface area contributed by atoms with Crippen LogP contribution < -0.4 is 14.8 Å². The maximum atomic E-state index is 13.6. The number of piperidine rings is 1. The third kappa shape index (κ3) is 5.46. The van der Waals surface area contributed by atoms with Crippen LogP contribution in [0.15, 0.2) is 49.2 Å². The van der Waals surface area contributed by atoms with E-state index in [9.17, 15) is 9.59 Å². The summed E-state index contributed by atoms with van der Waals surface area (Å²) in [7, 11) is 1.84. The van der Waals surface area contributed by atoms with Gasteiger partial charge in [0.2, 0.25) is 17.7 Å². The van der Waals surface area contributed by atoms with Crippen molar-refractivity contribution in [3.05, 3.63) is 60.4 Å². The predicted molar refractivity (Wildman–Crippen MR) is 159 cm³/mol. The number of aryl methyl sites for hydroxylation is 3. The van der Waals surface area contributed by atoms with E-state index in [1.807, 2.05) is 36.7 Å². The van der Waals surface area contributed by atoms with Crippen LogP contribution in [0.4, 0.5) is 5.95 Å². The van der Waals surface area contributed by atoms with Crippen molar-refractivity contribution in [2.75, 3.05) is 25.0 Å². The quantitative estimate of drug-likeness (QED) is 0.361. The van der Waals surface area contributed by atoms with E-state index in [2.05, 4.69) is 22.0 Å². The molecule has 6 rings (SSSR count). The number of anilines is 1. The number of aromatic nitrogens is 5. The van der Waals surface area contributed by atoms with Crippen molar-refractivity contribution >= 4 is 28.8 Å². The molecule has 2 aliphatic rings. The molecule has 1 N–H and O–H groups in total. The third-order valence-corrected chi connectivity index (χ3v) is 7.82. The summed E-state index contributed by atoms with van der Waals surface area (Å²) in [6, 6.07) is 9.33. The monoisotopic (exact) mass is 569 g/mol. The summed E-state index contributed by atoms with van der Waals surface area (Å²) < 4.78 is 16.4. The van der Waals surface area contributed by atoms with Gasteiger partial charge in [-0.15, -0.1) is 0 Å². The number of hydrogen-bond acceptors (Lipinski definition) is 7. The van der Waals surface area contributed by atoms with Gasteiger partial charge in [-0.05, 0) is 56.5 Å². The molecule has 2 aliphatic heterocycles.